The monoisotopic (exact) mass is 501 g/mol. The van der Waals surface area contributed by atoms with E-state index in [-0.39, 0.29) is 18.4 Å². The van der Waals surface area contributed by atoms with E-state index in [0.29, 0.717) is 49.1 Å². The van der Waals surface area contributed by atoms with Crippen molar-refractivity contribution in [2.75, 3.05) is 20.3 Å². The van der Waals surface area contributed by atoms with E-state index in [0.717, 1.165) is 0 Å². The molecule has 0 bridgehead atoms. The van der Waals surface area contributed by atoms with Gasteiger partial charge in [-0.05, 0) is 43.8 Å². The second-order valence-electron chi connectivity index (χ2n) is 11.5. The summed E-state index contributed by atoms with van der Waals surface area (Å²) in [5.74, 6) is -0.443. The van der Waals surface area contributed by atoms with E-state index < -0.39 is 32.0 Å². The van der Waals surface area contributed by atoms with Gasteiger partial charge in [0.15, 0.2) is 6.29 Å². The second-order valence-corrected chi connectivity index (χ2v) is 16.9. The number of esters is 1. The van der Waals surface area contributed by atoms with Crippen LogP contribution >= 0.6 is 0 Å². The molecular formula is C25H47NO7Si. The largest absolute Gasteiger partial charge is 0.467 e. The zero-order valence-corrected chi connectivity index (χ0v) is 23.9. The lowest BCUT2D eigenvalue weighted by Crippen LogP contribution is -2.53. The van der Waals surface area contributed by atoms with Crippen molar-refractivity contribution in [1.82, 2.24) is 4.90 Å². The average molecular weight is 502 g/mol. The number of methoxy groups -OCH3 is 1. The minimum Gasteiger partial charge on any atom is -0.467 e. The van der Waals surface area contributed by atoms with E-state index >= 15 is 0 Å². The van der Waals surface area contributed by atoms with Gasteiger partial charge in [0, 0.05) is 12.8 Å². The van der Waals surface area contributed by atoms with Crippen molar-refractivity contribution >= 4 is 20.4 Å². The summed E-state index contributed by atoms with van der Waals surface area (Å²) in [7, 11) is -0.918. The Morgan fingerprint density at radius 1 is 0.971 bits per heavy atom. The Labute approximate surface area is 207 Å². The predicted molar refractivity (Wildman–Crippen MR) is 133 cm³/mol. The van der Waals surface area contributed by atoms with Gasteiger partial charge in [-0.1, -0.05) is 41.5 Å². The van der Waals surface area contributed by atoms with Gasteiger partial charge in [-0.25, -0.2) is 9.59 Å². The van der Waals surface area contributed by atoms with E-state index in [1.54, 1.807) is 4.90 Å². The molecule has 0 aromatic heterocycles. The Hall–Kier alpha value is -1.16. The van der Waals surface area contributed by atoms with Crippen LogP contribution in [0.2, 0.25) is 16.6 Å². The van der Waals surface area contributed by atoms with Crippen LogP contribution in [0.15, 0.2) is 0 Å². The van der Waals surface area contributed by atoms with Crippen LogP contribution in [0, 0.1) is 0 Å². The fourth-order valence-corrected chi connectivity index (χ4v) is 11.4. The number of rotatable bonds is 9. The van der Waals surface area contributed by atoms with Crippen molar-refractivity contribution in [1.29, 1.82) is 0 Å². The first-order valence-corrected chi connectivity index (χ1v) is 14.9. The van der Waals surface area contributed by atoms with Crippen LogP contribution in [0.25, 0.3) is 0 Å². The smallest absolute Gasteiger partial charge is 0.411 e. The summed E-state index contributed by atoms with van der Waals surface area (Å²) in [5.41, 5.74) is 0.441. The molecule has 3 atom stereocenters. The lowest BCUT2D eigenvalue weighted by Gasteiger charge is -2.45. The highest BCUT2D eigenvalue weighted by molar-refractivity contribution is 6.77. The maximum atomic E-state index is 13.4. The van der Waals surface area contributed by atoms with Crippen molar-refractivity contribution in [2.45, 2.75) is 128 Å². The maximum Gasteiger partial charge on any atom is 0.411 e. The molecular weight excluding hydrogens is 454 g/mol. The summed E-state index contributed by atoms with van der Waals surface area (Å²) in [4.78, 5) is 27.8. The molecule has 1 amide bonds. The SMILES string of the molecule is COC(=O)[C@@H]1C[C@H](O[Si](C(C)C)(C(C)C)C(C)C)[C@H](CCC2OCCO2)N1C(=O)OC(C)(C)C. The lowest BCUT2D eigenvalue weighted by atomic mass is 10.1. The van der Waals surface area contributed by atoms with Gasteiger partial charge < -0.3 is 23.4 Å². The van der Waals surface area contributed by atoms with Gasteiger partial charge in [-0.2, -0.15) is 0 Å². The molecule has 2 aliphatic heterocycles. The minimum atomic E-state index is -2.27. The lowest BCUT2D eigenvalue weighted by molar-refractivity contribution is -0.146. The summed E-state index contributed by atoms with van der Waals surface area (Å²) in [6, 6.07) is -1.09. The highest BCUT2D eigenvalue weighted by atomic mass is 28.4. The zero-order valence-electron chi connectivity index (χ0n) is 22.9. The molecule has 0 aromatic carbocycles. The summed E-state index contributed by atoms with van der Waals surface area (Å²) < 4.78 is 29.3. The molecule has 0 unspecified atom stereocenters. The van der Waals surface area contributed by atoms with Crippen LogP contribution < -0.4 is 0 Å². The summed E-state index contributed by atoms with van der Waals surface area (Å²) in [5, 5.41) is 0. The van der Waals surface area contributed by atoms with Gasteiger partial charge >= 0.3 is 12.1 Å². The number of likely N-dealkylation sites (tertiary alicyclic amines) is 1. The molecule has 0 aromatic rings. The molecule has 2 saturated heterocycles. The van der Waals surface area contributed by atoms with E-state index in [2.05, 4.69) is 41.5 Å². The molecule has 0 N–H and O–H groups in total. The third-order valence-corrected chi connectivity index (χ3v) is 13.2. The van der Waals surface area contributed by atoms with Crippen molar-refractivity contribution in [2.24, 2.45) is 0 Å². The number of nitrogens with zero attached hydrogens (tertiary/aromatic N) is 1. The third-order valence-electron chi connectivity index (χ3n) is 7.11. The number of amides is 1. The molecule has 0 radical (unpaired) electrons. The highest BCUT2D eigenvalue weighted by Crippen LogP contribution is 2.46. The van der Waals surface area contributed by atoms with Crippen molar-refractivity contribution < 1.29 is 33.0 Å². The number of carbonyl (C=O) groups excluding carboxylic acids is 2. The highest BCUT2D eigenvalue weighted by Gasteiger charge is 2.54. The van der Waals surface area contributed by atoms with Crippen LogP contribution in [0.1, 0.15) is 81.6 Å². The number of carbonyl (C=O) groups is 2. The second kappa shape index (κ2) is 11.7. The Morgan fingerprint density at radius 2 is 1.50 bits per heavy atom. The van der Waals surface area contributed by atoms with Gasteiger partial charge in [-0.3, -0.25) is 4.90 Å². The van der Waals surface area contributed by atoms with Gasteiger partial charge in [-0.15, -0.1) is 0 Å². The fraction of sp³-hybridized carbons (Fsp3) is 0.920. The Bertz CT molecular complexity index is 663. The number of hydrogen-bond donors (Lipinski definition) is 0. The molecule has 34 heavy (non-hydrogen) atoms. The van der Waals surface area contributed by atoms with E-state index in [4.69, 9.17) is 23.4 Å². The molecule has 9 heteroatoms. The molecule has 0 aliphatic carbocycles. The van der Waals surface area contributed by atoms with E-state index in [9.17, 15) is 9.59 Å². The maximum absolute atomic E-state index is 13.4. The summed E-state index contributed by atoms with van der Waals surface area (Å²) >= 11 is 0. The van der Waals surface area contributed by atoms with E-state index in [1.807, 2.05) is 20.8 Å². The van der Waals surface area contributed by atoms with Gasteiger partial charge in [0.05, 0.1) is 32.5 Å². The summed E-state index contributed by atoms with van der Waals surface area (Å²) in [6.45, 7) is 20.0. The van der Waals surface area contributed by atoms with Gasteiger partial charge in [0.25, 0.3) is 0 Å². The first kappa shape index (κ1) is 29.1. The average Bonchev–Trinajstić information content (AvgIpc) is 3.35. The summed E-state index contributed by atoms with van der Waals surface area (Å²) in [6.07, 6.45) is 0.470. The topological polar surface area (TPSA) is 83.5 Å². The molecule has 0 saturated carbocycles. The zero-order chi connectivity index (χ0) is 25.8. The van der Waals surface area contributed by atoms with Crippen LogP contribution in [0.3, 0.4) is 0 Å². The Kier molecular flexibility index (Phi) is 10.0. The number of ether oxygens (including phenoxy) is 4. The van der Waals surface area contributed by atoms with Crippen molar-refractivity contribution in [3.8, 4) is 0 Å². The normalized spacial score (nSPS) is 24.5. The van der Waals surface area contributed by atoms with Gasteiger partial charge in [0.1, 0.15) is 11.6 Å². The molecule has 0 spiro atoms. The molecule has 2 heterocycles. The Balaban J connectivity index is 2.45. The molecule has 8 nitrogen and oxygen atoms in total. The van der Waals surface area contributed by atoms with Crippen LogP contribution in [-0.2, 0) is 28.2 Å². The first-order valence-electron chi connectivity index (χ1n) is 12.7. The van der Waals surface area contributed by atoms with Gasteiger partial charge in [0.2, 0.25) is 8.32 Å². The quantitative estimate of drug-likeness (QED) is 0.315. The molecule has 198 valence electrons. The van der Waals surface area contributed by atoms with Crippen LogP contribution in [0.4, 0.5) is 4.79 Å². The molecule has 2 aliphatic rings. The third kappa shape index (κ3) is 6.53. The van der Waals surface area contributed by atoms with Crippen LogP contribution in [-0.4, -0.2) is 75.7 Å². The van der Waals surface area contributed by atoms with Crippen molar-refractivity contribution in [3.05, 3.63) is 0 Å². The Morgan fingerprint density at radius 3 is 1.94 bits per heavy atom. The minimum absolute atomic E-state index is 0.295. The predicted octanol–water partition coefficient (Wildman–Crippen LogP) is 5.25. The van der Waals surface area contributed by atoms with Crippen LogP contribution in [0.5, 0.6) is 0 Å². The van der Waals surface area contributed by atoms with Crippen molar-refractivity contribution in [3.63, 3.8) is 0 Å². The molecule has 2 fully saturated rings. The standard InChI is InChI=1S/C25H47NO7Si/c1-16(2)34(17(3)4,18(5)6)33-21-15-20(23(27)29-10)26(24(28)32-25(7,8)9)19(21)11-12-22-30-13-14-31-22/h16-22H,11-15H2,1-10H3/t19-,20-,21-/m0/s1. The van der Waals surface area contributed by atoms with E-state index in [1.165, 1.54) is 7.11 Å². The molecule has 2 rings (SSSR count). The first-order chi connectivity index (χ1) is 15.7. The number of hydrogen-bond acceptors (Lipinski definition) is 7. The fourth-order valence-electron chi connectivity index (χ4n) is 5.83.